The number of carbonyl (C=O) groups excluding carboxylic acids is 1. The smallest absolute Gasteiger partial charge is 0.244 e. The van der Waals surface area contributed by atoms with E-state index in [1.54, 1.807) is 17.0 Å². The molecule has 1 heterocycles. The van der Waals surface area contributed by atoms with Crippen LogP contribution in [0.25, 0.3) is 6.08 Å². The van der Waals surface area contributed by atoms with Crippen LogP contribution in [0.3, 0.4) is 0 Å². The highest BCUT2D eigenvalue weighted by atomic mass is 16.5. The van der Waals surface area contributed by atoms with E-state index in [1.165, 1.54) is 6.08 Å². The molecule has 1 unspecified atom stereocenters. The summed E-state index contributed by atoms with van der Waals surface area (Å²) in [4.78, 5) is 11.6. The van der Waals surface area contributed by atoms with Gasteiger partial charge in [0.1, 0.15) is 0 Å². The van der Waals surface area contributed by atoms with Crippen molar-refractivity contribution in [1.82, 2.24) is 15.1 Å². The molecule has 118 valence electrons. The van der Waals surface area contributed by atoms with Crippen LogP contribution in [0.1, 0.15) is 25.1 Å². The van der Waals surface area contributed by atoms with Crippen molar-refractivity contribution in [2.24, 2.45) is 13.0 Å². The zero-order valence-corrected chi connectivity index (χ0v) is 13.2. The Morgan fingerprint density at radius 1 is 1.52 bits per heavy atom. The van der Waals surface area contributed by atoms with Crippen LogP contribution in [-0.2, 0) is 16.6 Å². The average molecular weight is 295 g/mol. The van der Waals surface area contributed by atoms with Gasteiger partial charge in [0.2, 0.25) is 5.91 Å². The molecule has 1 atom stereocenters. The lowest BCUT2D eigenvalue weighted by Gasteiger charge is -2.12. The highest BCUT2D eigenvalue weighted by molar-refractivity contribution is 5.91. The monoisotopic (exact) mass is 295 g/mol. The molecule has 0 saturated heterocycles. The van der Waals surface area contributed by atoms with Gasteiger partial charge in [0.05, 0.1) is 18.9 Å². The predicted octanol–water partition coefficient (Wildman–Crippen LogP) is 0.891. The summed E-state index contributed by atoms with van der Waals surface area (Å²) in [5, 5.41) is 16.4. The van der Waals surface area contributed by atoms with Crippen molar-refractivity contribution in [3.63, 3.8) is 0 Å². The standard InChI is InChI=1S/C15H25N3O3/c1-11(2)9-21-10-14(19)8-16-15(20)6-5-13-7-17-18(4)12(13)3/h5-7,11,14,19H,8-10H2,1-4H3,(H,16,20)/b6-5+. The molecule has 0 saturated carbocycles. The van der Waals surface area contributed by atoms with Crippen molar-refractivity contribution in [2.45, 2.75) is 26.9 Å². The Bertz CT molecular complexity index is 481. The lowest BCUT2D eigenvalue weighted by Crippen LogP contribution is -2.33. The summed E-state index contributed by atoms with van der Waals surface area (Å²) < 4.78 is 7.05. The molecule has 0 aromatic carbocycles. The maximum atomic E-state index is 11.6. The Kier molecular flexibility index (Phi) is 7.11. The summed E-state index contributed by atoms with van der Waals surface area (Å²) in [6, 6.07) is 0. The Morgan fingerprint density at radius 2 is 2.24 bits per heavy atom. The minimum Gasteiger partial charge on any atom is -0.389 e. The number of hydrogen-bond donors (Lipinski definition) is 2. The van der Waals surface area contributed by atoms with E-state index < -0.39 is 6.10 Å². The van der Waals surface area contributed by atoms with Gasteiger partial charge in [-0.3, -0.25) is 9.48 Å². The van der Waals surface area contributed by atoms with Gasteiger partial charge < -0.3 is 15.2 Å². The third kappa shape index (κ3) is 6.55. The fourth-order valence-electron chi connectivity index (χ4n) is 1.62. The number of aliphatic hydroxyl groups excluding tert-OH is 1. The second-order valence-electron chi connectivity index (χ2n) is 5.47. The van der Waals surface area contributed by atoms with E-state index in [1.807, 2.05) is 27.8 Å². The zero-order chi connectivity index (χ0) is 15.8. The molecule has 21 heavy (non-hydrogen) atoms. The van der Waals surface area contributed by atoms with Crippen molar-refractivity contribution in [3.8, 4) is 0 Å². The zero-order valence-electron chi connectivity index (χ0n) is 13.2. The van der Waals surface area contributed by atoms with Crippen LogP contribution in [-0.4, -0.2) is 46.7 Å². The van der Waals surface area contributed by atoms with Gasteiger partial charge in [0, 0.05) is 37.5 Å². The number of nitrogens with zero attached hydrogens (tertiary/aromatic N) is 2. The molecule has 0 radical (unpaired) electrons. The molecule has 2 N–H and O–H groups in total. The van der Waals surface area contributed by atoms with Crippen LogP contribution in [0.2, 0.25) is 0 Å². The third-order valence-corrected chi connectivity index (χ3v) is 2.96. The minimum absolute atomic E-state index is 0.174. The number of ether oxygens (including phenoxy) is 1. The van der Waals surface area contributed by atoms with Gasteiger partial charge in [-0.25, -0.2) is 0 Å². The normalized spacial score (nSPS) is 13.0. The predicted molar refractivity (Wildman–Crippen MR) is 81.7 cm³/mol. The van der Waals surface area contributed by atoms with E-state index in [0.29, 0.717) is 12.5 Å². The minimum atomic E-state index is -0.693. The molecule has 1 amide bonds. The van der Waals surface area contributed by atoms with Gasteiger partial charge in [-0.2, -0.15) is 5.10 Å². The highest BCUT2D eigenvalue weighted by Crippen LogP contribution is 2.07. The number of aliphatic hydroxyl groups is 1. The van der Waals surface area contributed by atoms with E-state index in [-0.39, 0.29) is 19.1 Å². The Balaban J connectivity index is 2.29. The fraction of sp³-hybridized carbons (Fsp3) is 0.600. The number of aromatic nitrogens is 2. The Morgan fingerprint density at radius 3 is 2.81 bits per heavy atom. The summed E-state index contributed by atoms with van der Waals surface area (Å²) in [6.45, 7) is 7.02. The molecule has 0 aliphatic rings. The first kappa shape index (κ1) is 17.4. The largest absolute Gasteiger partial charge is 0.389 e. The number of nitrogens with one attached hydrogen (secondary N) is 1. The van der Waals surface area contributed by atoms with Gasteiger partial charge in [-0.1, -0.05) is 13.8 Å². The summed E-state index contributed by atoms with van der Waals surface area (Å²) in [5.41, 5.74) is 1.88. The molecule has 1 aromatic heterocycles. The van der Waals surface area contributed by atoms with Crippen molar-refractivity contribution >= 4 is 12.0 Å². The number of carbonyl (C=O) groups is 1. The van der Waals surface area contributed by atoms with Gasteiger partial charge in [-0.15, -0.1) is 0 Å². The quantitative estimate of drug-likeness (QED) is 0.698. The Labute approximate surface area is 125 Å². The van der Waals surface area contributed by atoms with Gasteiger partial charge in [0.15, 0.2) is 0 Å². The summed E-state index contributed by atoms with van der Waals surface area (Å²) in [5.74, 6) is 0.179. The number of aryl methyl sites for hydroxylation is 1. The molecule has 1 rings (SSSR count). The number of amides is 1. The SMILES string of the molecule is Cc1c(/C=C/C(=O)NCC(O)COCC(C)C)cnn1C. The molecule has 6 nitrogen and oxygen atoms in total. The first-order chi connectivity index (χ1) is 9.90. The van der Waals surface area contributed by atoms with Crippen LogP contribution < -0.4 is 5.32 Å². The fourth-order valence-corrected chi connectivity index (χ4v) is 1.62. The van der Waals surface area contributed by atoms with E-state index in [4.69, 9.17) is 4.74 Å². The molecule has 1 aromatic rings. The molecule has 6 heteroatoms. The van der Waals surface area contributed by atoms with Crippen molar-refractivity contribution in [1.29, 1.82) is 0 Å². The van der Waals surface area contributed by atoms with Crippen LogP contribution in [0.4, 0.5) is 0 Å². The number of hydrogen-bond acceptors (Lipinski definition) is 4. The lowest BCUT2D eigenvalue weighted by molar-refractivity contribution is -0.117. The topological polar surface area (TPSA) is 76.4 Å². The van der Waals surface area contributed by atoms with Gasteiger partial charge in [-0.05, 0) is 18.9 Å². The van der Waals surface area contributed by atoms with Crippen LogP contribution in [0.5, 0.6) is 0 Å². The average Bonchev–Trinajstić information content (AvgIpc) is 2.74. The van der Waals surface area contributed by atoms with Gasteiger partial charge in [0.25, 0.3) is 0 Å². The lowest BCUT2D eigenvalue weighted by atomic mass is 10.2. The van der Waals surface area contributed by atoms with E-state index >= 15 is 0 Å². The first-order valence-corrected chi connectivity index (χ1v) is 7.10. The Hall–Kier alpha value is -1.66. The van der Waals surface area contributed by atoms with Crippen LogP contribution >= 0.6 is 0 Å². The molecular formula is C15H25N3O3. The second kappa shape index (κ2) is 8.59. The van der Waals surface area contributed by atoms with Crippen LogP contribution in [0, 0.1) is 12.8 Å². The van der Waals surface area contributed by atoms with Gasteiger partial charge >= 0.3 is 0 Å². The molecule has 0 aliphatic carbocycles. The third-order valence-electron chi connectivity index (χ3n) is 2.96. The molecule has 0 aliphatic heterocycles. The van der Waals surface area contributed by atoms with Crippen molar-refractivity contribution in [2.75, 3.05) is 19.8 Å². The number of rotatable bonds is 8. The maximum absolute atomic E-state index is 11.6. The summed E-state index contributed by atoms with van der Waals surface area (Å²) in [7, 11) is 1.85. The molecule has 0 fully saturated rings. The molecule has 0 bridgehead atoms. The maximum Gasteiger partial charge on any atom is 0.244 e. The van der Waals surface area contributed by atoms with Crippen LogP contribution in [0.15, 0.2) is 12.3 Å². The van der Waals surface area contributed by atoms with Crippen molar-refractivity contribution < 1.29 is 14.6 Å². The highest BCUT2D eigenvalue weighted by Gasteiger charge is 2.06. The van der Waals surface area contributed by atoms with E-state index in [2.05, 4.69) is 10.4 Å². The van der Waals surface area contributed by atoms with E-state index in [0.717, 1.165) is 11.3 Å². The second-order valence-corrected chi connectivity index (χ2v) is 5.47. The van der Waals surface area contributed by atoms with Crippen molar-refractivity contribution in [3.05, 3.63) is 23.5 Å². The van der Waals surface area contributed by atoms with E-state index in [9.17, 15) is 9.90 Å². The first-order valence-electron chi connectivity index (χ1n) is 7.10. The summed E-state index contributed by atoms with van der Waals surface area (Å²) >= 11 is 0. The molecular weight excluding hydrogens is 270 g/mol. The summed E-state index contributed by atoms with van der Waals surface area (Å²) in [6.07, 6.45) is 4.15. The molecule has 0 spiro atoms.